The van der Waals surface area contributed by atoms with Crippen LogP contribution in [0.3, 0.4) is 0 Å². The van der Waals surface area contributed by atoms with Gasteiger partial charge in [-0.15, -0.1) is 0 Å². The first-order valence-corrected chi connectivity index (χ1v) is 7.70. The summed E-state index contributed by atoms with van der Waals surface area (Å²) in [5.74, 6) is 0. The van der Waals surface area contributed by atoms with Gasteiger partial charge in [0.2, 0.25) is 0 Å². The van der Waals surface area contributed by atoms with E-state index in [1.807, 2.05) is 20.8 Å². The molecule has 126 valence electrons. The number of nitrogens with one attached hydrogen (secondary N) is 1. The van der Waals surface area contributed by atoms with Crippen LogP contribution in [-0.2, 0) is 11.3 Å². The number of hydrogen-bond acceptors (Lipinski definition) is 5. The number of amides is 1. The quantitative estimate of drug-likeness (QED) is 0.681. The van der Waals surface area contributed by atoms with Crippen molar-refractivity contribution in [3.05, 3.63) is 39.9 Å². The van der Waals surface area contributed by atoms with E-state index in [1.54, 1.807) is 23.1 Å². The molecule has 0 aliphatic carbocycles. The molecule has 0 radical (unpaired) electrons. The van der Waals surface area contributed by atoms with E-state index < -0.39 is 5.60 Å². The van der Waals surface area contributed by atoms with Gasteiger partial charge in [-0.1, -0.05) is 18.2 Å². The summed E-state index contributed by atoms with van der Waals surface area (Å²) in [6.07, 6.45) is 0.493. The molecule has 1 aromatic carbocycles. The molecule has 1 aromatic rings. The van der Waals surface area contributed by atoms with Crippen LogP contribution < -0.4 is 5.32 Å². The van der Waals surface area contributed by atoms with E-state index in [0.29, 0.717) is 25.2 Å². The SMILES string of the molecule is CC(C)(C)OC(=O)N1CC[C@@H](NCc2ccccc2[N+](=O)[O-])C1. The Bertz CT molecular complexity index is 583. The molecule has 1 N–H and O–H groups in total. The number of para-hydroxylation sites is 1. The first kappa shape index (κ1) is 17.2. The molecular weight excluding hydrogens is 298 g/mol. The minimum Gasteiger partial charge on any atom is -0.444 e. The Morgan fingerprint density at radius 3 is 2.78 bits per heavy atom. The number of carbonyl (C=O) groups excluding carboxylic acids is 1. The highest BCUT2D eigenvalue weighted by Crippen LogP contribution is 2.19. The first-order valence-electron chi connectivity index (χ1n) is 7.70. The maximum absolute atomic E-state index is 12.0. The zero-order chi connectivity index (χ0) is 17.0. The predicted molar refractivity (Wildman–Crippen MR) is 86.1 cm³/mol. The Kier molecular flexibility index (Phi) is 5.20. The van der Waals surface area contributed by atoms with Crippen LogP contribution >= 0.6 is 0 Å². The van der Waals surface area contributed by atoms with Gasteiger partial charge < -0.3 is 15.0 Å². The second-order valence-corrected chi connectivity index (χ2v) is 6.68. The molecule has 0 bridgehead atoms. The molecule has 1 saturated heterocycles. The number of likely N-dealkylation sites (tertiary alicyclic amines) is 1. The standard InChI is InChI=1S/C16H23N3O4/c1-16(2,3)23-15(20)18-9-8-13(11-18)17-10-12-6-4-5-7-14(12)19(21)22/h4-7,13,17H,8-11H2,1-3H3/t13-/m1/s1. The number of nitro groups is 1. The highest BCUT2D eigenvalue weighted by atomic mass is 16.6. The van der Waals surface area contributed by atoms with Gasteiger partial charge in [0.1, 0.15) is 5.60 Å². The van der Waals surface area contributed by atoms with Gasteiger partial charge in [0, 0.05) is 37.3 Å². The van der Waals surface area contributed by atoms with Crippen LogP contribution in [0.5, 0.6) is 0 Å². The molecule has 0 unspecified atom stereocenters. The minimum atomic E-state index is -0.507. The molecule has 1 amide bonds. The zero-order valence-corrected chi connectivity index (χ0v) is 13.7. The number of nitro benzene ring substituents is 1. The molecule has 2 rings (SSSR count). The van der Waals surface area contributed by atoms with E-state index in [0.717, 1.165) is 6.42 Å². The fourth-order valence-corrected chi connectivity index (χ4v) is 2.51. The van der Waals surface area contributed by atoms with Crippen LogP contribution in [0.4, 0.5) is 10.5 Å². The minimum absolute atomic E-state index is 0.113. The lowest BCUT2D eigenvalue weighted by molar-refractivity contribution is -0.385. The monoisotopic (exact) mass is 321 g/mol. The van der Waals surface area contributed by atoms with Crippen molar-refractivity contribution in [1.82, 2.24) is 10.2 Å². The van der Waals surface area contributed by atoms with Crippen LogP contribution in [0, 0.1) is 10.1 Å². The smallest absolute Gasteiger partial charge is 0.410 e. The fraction of sp³-hybridized carbons (Fsp3) is 0.562. The Labute approximate surface area is 135 Å². The largest absolute Gasteiger partial charge is 0.444 e. The van der Waals surface area contributed by atoms with Gasteiger partial charge in [0.05, 0.1) is 4.92 Å². The van der Waals surface area contributed by atoms with Crippen molar-refractivity contribution >= 4 is 11.8 Å². The lowest BCUT2D eigenvalue weighted by Crippen LogP contribution is -2.38. The fourth-order valence-electron chi connectivity index (χ4n) is 2.51. The average molecular weight is 321 g/mol. The van der Waals surface area contributed by atoms with Gasteiger partial charge in [0.25, 0.3) is 5.69 Å². The molecular formula is C16H23N3O4. The maximum Gasteiger partial charge on any atom is 0.410 e. The van der Waals surface area contributed by atoms with Crippen LogP contribution in [0.1, 0.15) is 32.8 Å². The normalized spacial score (nSPS) is 18.0. The van der Waals surface area contributed by atoms with Crippen molar-refractivity contribution in [2.75, 3.05) is 13.1 Å². The number of carbonyl (C=O) groups is 1. The summed E-state index contributed by atoms with van der Waals surface area (Å²) < 4.78 is 5.35. The third kappa shape index (κ3) is 4.92. The van der Waals surface area contributed by atoms with Crippen LogP contribution in [0.2, 0.25) is 0 Å². The van der Waals surface area contributed by atoms with Crippen LogP contribution in [-0.4, -0.2) is 40.6 Å². The van der Waals surface area contributed by atoms with E-state index in [9.17, 15) is 14.9 Å². The second kappa shape index (κ2) is 6.95. The summed E-state index contributed by atoms with van der Waals surface area (Å²) in [4.78, 5) is 24.3. The summed E-state index contributed by atoms with van der Waals surface area (Å²) in [6, 6.07) is 6.79. The van der Waals surface area contributed by atoms with Gasteiger partial charge in [-0.2, -0.15) is 0 Å². The van der Waals surface area contributed by atoms with Gasteiger partial charge in [-0.3, -0.25) is 10.1 Å². The van der Waals surface area contributed by atoms with Crippen molar-refractivity contribution in [3.8, 4) is 0 Å². The summed E-state index contributed by atoms with van der Waals surface area (Å²) in [5.41, 5.74) is 0.253. The molecule has 7 heteroatoms. The summed E-state index contributed by atoms with van der Waals surface area (Å²) in [5, 5.41) is 14.3. The summed E-state index contributed by atoms with van der Waals surface area (Å²) in [6.45, 7) is 7.10. The number of nitrogens with zero attached hydrogens (tertiary/aromatic N) is 2. The van der Waals surface area contributed by atoms with Gasteiger partial charge in [0.15, 0.2) is 0 Å². The zero-order valence-electron chi connectivity index (χ0n) is 13.7. The van der Waals surface area contributed by atoms with Gasteiger partial charge in [-0.05, 0) is 27.2 Å². The molecule has 23 heavy (non-hydrogen) atoms. The Balaban J connectivity index is 1.87. The van der Waals surface area contributed by atoms with E-state index in [4.69, 9.17) is 4.74 Å². The Morgan fingerprint density at radius 1 is 1.43 bits per heavy atom. The first-order chi connectivity index (χ1) is 10.8. The number of rotatable bonds is 4. The van der Waals surface area contributed by atoms with Crippen LogP contribution in [0.25, 0.3) is 0 Å². The molecule has 7 nitrogen and oxygen atoms in total. The molecule has 0 saturated carbocycles. The van der Waals surface area contributed by atoms with Crippen molar-refractivity contribution in [3.63, 3.8) is 0 Å². The van der Waals surface area contributed by atoms with Gasteiger partial charge >= 0.3 is 6.09 Å². The number of benzene rings is 1. The lowest BCUT2D eigenvalue weighted by Gasteiger charge is -2.24. The van der Waals surface area contributed by atoms with E-state index in [2.05, 4.69) is 5.32 Å². The summed E-state index contributed by atoms with van der Waals surface area (Å²) >= 11 is 0. The number of ether oxygens (including phenoxy) is 1. The molecule has 0 spiro atoms. The topological polar surface area (TPSA) is 84.7 Å². The van der Waals surface area contributed by atoms with Crippen molar-refractivity contribution in [2.24, 2.45) is 0 Å². The second-order valence-electron chi connectivity index (χ2n) is 6.68. The molecule has 1 aliphatic rings. The third-order valence-electron chi connectivity index (χ3n) is 3.61. The molecule has 1 fully saturated rings. The predicted octanol–water partition coefficient (Wildman–Crippen LogP) is 2.69. The van der Waals surface area contributed by atoms with E-state index in [-0.39, 0.29) is 22.7 Å². The summed E-state index contributed by atoms with van der Waals surface area (Å²) in [7, 11) is 0. The molecule has 1 heterocycles. The Hall–Kier alpha value is -2.15. The van der Waals surface area contributed by atoms with Crippen molar-refractivity contribution in [2.45, 2.75) is 45.4 Å². The lowest BCUT2D eigenvalue weighted by atomic mass is 10.1. The molecule has 0 aromatic heterocycles. The number of hydrogen-bond donors (Lipinski definition) is 1. The third-order valence-corrected chi connectivity index (χ3v) is 3.61. The van der Waals surface area contributed by atoms with E-state index >= 15 is 0 Å². The van der Waals surface area contributed by atoms with Crippen LogP contribution in [0.15, 0.2) is 24.3 Å². The highest BCUT2D eigenvalue weighted by molar-refractivity contribution is 5.68. The van der Waals surface area contributed by atoms with Crippen molar-refractivity contribution in [1.29, 1.82) is 0 Å². The average Bonchev–Trinajstić information content (AvgIpc) is 2.92. The van der Waals surface area contributed by atoms with Gasteiger partial charge in [-0.25, -0.2) is 4.79 Å². The van der Waals surface area contributed by atoms with E-state index in [1.165, 1.54) is 6.07 Å². The van der Waals surface area contributed by atoms with Crippen molar-refractivity contribution < 1.29 is 14.5 Å². The molecule has 1 atom stereocenters. The maximum atomic E-state index is 12.0. The molecule has 1 aliphatic heterocycles. The highest BCUT2D eigenvalue weighted by Gasteiger charge is 2.29. The Morgan fingerprint density at radius 2 is 2.13 bits per heavy atom.